The van der Waals surface area contributed by atoms with E-state index in [0.29, 0.717) is 24.8 Å². The average Bonchev–Trinajstić information content (AvgIpc) is 3.02. The maximum Gasteiger partial charge on any atom is 0.305 e. The number of hydrogen-bond donors (Lipinski definition) is 1. The van der Waals surface area contributed by atoms with Crippen molar-refractivity contribution in [1.82, 2.24) is 0 Å². The van der Waals surface area contributed by atoms with E-state index in [-0.39, 0.29) is 11.8 Å². The van der Waals surface area contributed by atoms with Crippen molar-refractivity contribution in [1.29, 1.82) is 0 Å². The topological polar surface area (TPSA) is 108 Å². The van der Waals surface area contributed by atoms with Gasteiger partial charge < -0.3 is 19.3 Å². The molecule has 8 atom stereocenters. The van der Waals surface area contributed by atoms with Gasteiger partial charge in [0.25, 0.3) is 0 Å². The number of carbonyl (C=O) groups is 3. The van der Waals surface area contributed by atoms with E-state index in [1.165, 1.54) is 20.8 Å². The van der Waals surface area contributed by atoms with Crippen LogP contribution in [0.3, 0.4) is 0 Å². The lowest BCUT2D eigenvalue weighted by atomic mass is 9.45. The van der Waals surface area contributed by atoms with E-state index in [1.54, 1.807) is 12.2 Å². The molecule has 0 aromatic rings. The van der Waals surface area contributed by atoms with Crippen molar-refractivity contribution in [3.05, 3.63) is 36.0 Å². The number of aliphatic hydroxyl groups is 1. The molecule has 8 nitrogen and oxygen atoms in total. The minimum absolute atomic E-state index is 0.0788. The van der Waals surface area contributed by atoms with E-state index in [0.717, 1.165) is 5.57 Å². The molecule has 2 fully saturated rings. The van der Waals surface area contributed by atoms with Gasteiger partial charge in [-0.2, -0.15) is 0 Å². The number of aliphatic hydroxyl groups excluding tert-OH is 1. The van der Waals surface area contributed by atoms with Crippen molar-refractivity contribution in [3.8, 4) is 0 Å². The minimum Gasteiger partial charge on any atom is -0.458 e. The third-order valence-electron chi connectivity index (χ3n) is 7.90. The number of allylic oxidation sites excluding steroid dienone is 3. The molecule has 0 bridgehead atoms. The first-order valence-electron chi connectivity index (χ1n) is 11.7. The third kappa shape index (κ3) is 4.45. The summed E-state index contributed by atoms with van der Waals surface area (Å²) in [7, 11) is 0. The van der Waals surface area contributed by atoms with Gasteiger partial charge >= 0.3 is 17.9 Å². The molecule has 0 aromatic carbocycles. The van der Waals surface area contributed by atoms with Crippen LogP contribution < -0.4 is 0 Å². The van der Waals surface area contributed by atoms with Crippen LogP contribution in [-0.4, -0.2) is 47.8 Å². The standard InChI is InChI=1S/C26H36O8/c1-8-14(2)9-10-25(7)15(3)11-22(30)26-20(12-19(13-21(25)26)31-16(4)27)23(32-17(5)28)34-24(26)33-18(6)29/h8-9,12,15,19,21-24,30H,1,10-11,13H2,2-7H3/b14-9+/t15-,19-,21+,22+,23+,24-,25-,26+/m1/s1. The minimum atomic E-state index is -1.17. The smallest absolute Gasteiger partial charge is 0.305 e. The number of ether oxygens (including phenoxy) is 4. The Kier molecular flexibility index (Phi) is 7.43. The monoisotopic (exact) mass is 476 g/mol. The number of hydrogen-bond acceptors (Lipinski definition) is 8. The number of esters is 3. The lowest BCUT2D eigenvalue weighted by Crippen LogP contribution is -2.63. The Morgan fingerprint density at radius 3 is 2.29 bits per heavy atom. The number of rotatable bonds is 6. The molecule has 188 valence electrons. The highest BCUT2D eigenvalue weighted by atomic mass is 16.8. The summed E-state index contributed by atoms with van der Waals surface area (Å²) >= 11 is 0. The van der Waals surface area contributed by atoms with Crippen molar-refractivity contribution in [2.45, 2.75) is 85.6 Å². The van der Waals surface area contributed by atoms with Gasteiger partial charge in [-0.15, -0.1) is 0 Å². The van der Waals surface area contributed by atoms with Gasteiger partial charge in [0.1, 0.15) is 6.10 Å². The second kappa shape index (κ2) is 9.66. The molecule has 34 heavy (non-hydrogen) atoms. The predicted octanol–water partition coefficient (Wildman–Crippen LogP) is 3.59. The zero-order valence-electron chi connectivity index (χ0n) is 20.8. The highest BCUT2D eigenvalue weighted by Gasteiger charge is 2.71. The molecule has 8 heteroatoms. The van der Waals surface area contributed by atoms with Gasteiger partial charge in [-0.3, -0.25) is 19.1 Å². The SMILES string of the molecule is C=C/C(C)=C/C[C@]1(C)[C@H](C)C[C@H](O)[C@]23C(=C[C@@H](OC(C)=O)C[C@@H]12)[C@@H](OC(C)=O)O[C@H]3OC(C)=O. The van der Waals surface area contributed by atoms with Crippen LogP contribution in [0.25, 0.3) is 0 Å². The molecule has 0 radical (unpaired) electrons. The summed E-state index contributed by atoms with van der Waals surface area (Å²) in [5.74, 6) is -1.83. The summed E-state index contributed by atoms with van der Waals surface area (Å²) in [5, 5.41) is 11.6. The average molecular weight is 477 g/mol. The predicted molar refractivity (Wildman–Crippen MR) is 123 cm³/mol. The fraction of sp³-hybridized carbons (Fsp3) is 0.654. The summed E-state index contributed by atoms with van der Waals surface area (Å²) in [4.78, 5) is 35.8. The fourth-order valence-electron chi connectivity index (χ4n) is 6.08. The molecule has 1 saturated heterocycles. The van der Waals surface area contributed by atoms with Gasteiger partial charge in [0.2, 0.25) is 12.6 Å². The van der Waals surface area contributed by atoms with Gasteiger partial charge in [0, 0.05) is 26.3 Å². The van der Waals surface area contributed by atoms with Gasteiger partial charge in [-0.25, -0.2) is 0 Å². The molecule has 0 aromatic heterocycles. The maximum absolute atomic E-state index is 12.1. The van der Waals surface area contributed by atoms with Crippen LogP contribution in [-0.2, 0) is 33.3 Å². The van der Waals surface area contributed by atoms with E-state index < -0.39 is 53.5 Å². The molecule has 2 aliphatic carbocycles. The molecule has 0 amide bonds. The Labute approximate surface area is 201 Å². The lowest BCUT2D eigenvalue weighted by Gasteiger charge is -2.60. The summed E-state index contributed by atoms with van der Waals surface area (Å²) in [6.45, 7) is 13.9. The maximum atomic E-state index is 12.1. The van der Waals surface area contributed by atoms with E-state index in [2.05, 4.69) is 26.5 Å². The lowest BCUT2D eigenvalue weighted by molar-refractivity contribution is -0.253. The summed E-state index contributed by atoms with van der Waals surface area (Å²) in [6, 6.07) is 0. The van der Waals surface area contributed by atoms with Crippen LogP contribution >= 0.6 is 0 Å². The molecule has 0 unspecified atom stereocenters. The Morgan fingerprint density at radius 2 is 1.74 bits per heavy atom. The van der Waals surface area contributed by atoms with Crippen molar-refractivity contribution in [2.24, 2.45) is 22.7 Å². The highest BCUT2D eigenvalue weighted by molar-refractivity contribution is 5.68. The van der Waals surface area contributed by atoms with E-state index in [1.807, 2.05) is 6.92 Å². The van der Waals surface area contributed by atoms with Crippen LogP contribution in [0, 0.1) is 22.7 Å². The Bertz CT molecular complexity index is 920. The molecular weight excluding hydrogens is 440 g/mol. The van der Waals surface area contributed by atoms with Gasteiger partial charge in [0.15, 0.2) is 0 Å². The zero-order chi connectivity index (χ0) is 25.4. The second-order valence-electron chi connectivity index (χ2n) is 10.0. The largest absolute Gasteiger partial charge is 0.458 e. The van der Waals surface area contributed by atoms with Crippen molar-refractivity contribution < 1.29 is 38.4 Å². The van der Waals surface area contributed by atoms with E-state index >= 15 is 0 Å². The zero-order valence-corrected chi connectivity index (χ0v) is 20.8. The van der Waals surface area contributed by atoms with Gasteiger partial charge in [-0.05, 0) is 49.5 Å². The van der Waals surface area contributed by atoms with E-state index in [9.17, 15) is 19.5 Å². The highest BCUT2D eigenvalue weighted by Crippen LogP contribution is 2.67. The Hall–Kier alpha value is -2.45. The van der Waals surface area contributed by atoms with Crippen LogP contribution in [0.1, 0.15) is 60.8 Å². The van der Waals surface area contributed by atoms with E-state index in [4.69, 9.17) is 18.9 Å². The summed E-state index contributed by atoms with van der Waals surface area (Å²) < 4.78 is 22.7. The quantitative estimate of drug-likeness (QED) is 0.268. The number of carbonyl (C=O) groups excluding carboxylic acids is 3. The summed E-state index contributed by atoms with van der Waals surface area (Å²) in [5.41, 5.74) is -0.0475. The van der Waals surface area contributed by atoms with Crippen LogP contribution in [0.5, 0.6) is 0 Å². The molecule has 1 N–H and O–H groups in total. The normalized spacial score (nSPS) is 39.3. The van der Waals surface area contributed by atoms with Crippen LogP contribution in [0.4, 0.5) is 0 Å². The molecule has 3 rings (SSSR count). The molecule has 1 heterocycles. The van der Waals surface area contributed by atoms with Gasteiger partial charge in [0.05, 0.1) is 11.5 Å². The molecule has 1 aliphatic heterocycles. The third-order valence-corrected chi connectivity index (χ3v) is 7.90. The van der Waals surface area contributed by atoms with Crippen molar-refractivity contribution >= 4 is 17.9 Å². The molecule has 1 saturated carbocycles. The molecule has 1 spiro atoms. The first kappa shape index (κ1) is 26.2. The first-order valence-corrected chi connectivity index (χ1v) is 11.7. The Balaban J connectivity index is 2.23. The molecular formula is C26H36O8. The van der Waals surface area contributed by atoms with Crippen LogP contribution in [0.15, 0.2) is 36.0 Å². The summed E-state index contributed by atoms with van der Waals surface area (Å²) in [6.07, 6.45) is 3.21. The molecule has 3 aliphatic rings. The van der Waals surface area contributed by atoms with Gasteiger partial charge in [-0.1, -0.05) is 38.2 Å². The van der Waals surface area contributed by atoms with Crippen LogP contribution in [0.2, 0.25) is 0 Å². The first-order chi connectivity index (χ1) is 15.9. The second-order valence-corrected chi connectivity index (χ2v) is 10.0. The van der Waals surface area contributed by atoms with Crippen molar-refractivity contribution in [2.75, 3.05) is 0 Å². The Morgan fingerprint density at radius 1 is 1.12 bits per heavy atom. The fourth-order valence-corrected chi connectivity index (χ4v) is 6.08. The van der Waals surface area contributed by atoms with Crippen molar-refractivity contribution in [3.63, 3.8) is 0 Å².